The van der Waals surface area contributed by atoms with Crippen molar-refractivity contribution in [1.29, 1.82) is 0 Å². The Morgan fingerprint density at radius 1 is 1.22 bits per heavy atom. The molecular weight excluding hydrogens is 222 g/mol. The topological polar surface area (TPSA) is 42.2 Å². The van der Waals surface area contributed by atoms with Crippen LogP contribution < -0.4 is 10.6 Å². The van der Waals surface area contributed by atoms with Crippen LogP contribution in [0.15, 0.2) is 36.5 Å². The van der Waals surface area contributed by atoms with Crippen LogP contribution in [0.25, 0.3) is 0 Å². The fraction of sp³-hybridized carbons (Fsp3) is 0.267. The zero-order valence-electron chi connectivity index (χ0n) is 11.1. The molecule has 0 saturated heterocycles. The van der Waals surface area contributed by atoms with Crippen LogP contribution in [0.5, 0.6) is 0 Å². The molecule has 94 valence electrons. The summed E-state index contributed by atoms with van der Waals surface area (Å²) in [6.07, 6.45) is 1.84. The number of nitrogens with two attached hydrogens (primary N) is 1. The highest BCUT2D eigenvalue weighted by Gasteiger charge is 2.08. The molecule has 2 N–H and O–H groups in total. The number of benzene rings is 1. The van der Waals surface area contributed by atoms with E-state index < -0.39 is 0 Å². The Labute approximate surface area is 108 Å². The van der Waals surface area contributed by atoms with Gasteiger partial charge in [0.15, 0.2) is 0 Å². The quantitative estimate of drug-likeness (QED) is 0.898. The van der Waals surface area contributed by atoms with Gasteiger partial charge in [-0.25, -0.2) is 4.98 Å². The monoisotopic (exact) mass is 241 g/mol. The Balaban J connectivity index is 2.37. The summed E-state index contributed by atoms with van der Waals surface area (Å²) in [4.78, 5) is 6.60. The summed E-state index contributed by atoms with van der Waals surface area (Å²) in [7, 11) is 2.03. The highest BCUT2D eigenvalue weighted by molar-refractivity contribution is 5.62. The van der Waals surface area contributed by atoms with Crippen LogP contribution >= 0.6 is 0 Å². The largest absolute Gasteiger partial charge is 0.329 e. The summed E-state index contributed by atoms with van der Waals surface area (Å²) >= 11 is 0. The van der Waals surface area contributed by atoms with Crippen LogP contribution in [-0.2, 0) is 6.54 Å². The number of nitrogens with zero attached hydrogens (tertiary/aromatic N) is 2. The maximum atomic E-state index is 5.62. The van der Waals surface area contributed by atoms with Gasteiger partial charge in [0.1, 0.15) is 5.82 Å². The molecule has 3 heteroatoms. The Kier molecular flexibility index (Phi) is 3.63. The highest BCUT2D eigenvalue weighted by Crippen LogP contribution is 2.25. The van der Waals surface area contributed by atoms with Gasteiger partial charge in [0, 0.05) is 25.5 Å². The summed E-state index contributed by atoms with van der Waals surface area (Å²) in [6, 6.07) is 10.5. The van der Waals surface area contributed by atoms with Crippen molar-refractivity contribution in [3.05, 3.63) is 53.2 Å². The van der Waals surface area contributed by atoms with E-state index in [0.29, 0.717) is 6.54 Å². The van der Waals surface area contributed by atoms with Gasteiger partial charge in [-0.2, -0.15) is 0 Å². The molecule has 0 radical (unpaired) electrons. The van der Waals surface area contributed by atoms with E-state index in [1.807, 2.05) is 13.2 Å². The lowest BCUT2D eigenvalue weighted by molar-refractivity contribution is 1.02. The molecule has 2 rings (SSSR count). The fourth-order valence-electron chi connectivity index (χ4n) is 2.05. The minimum atomic E-state index is 0.530. The SMILES string of the molecule is Cc1cccc(N(C)c2ncc(CN)cc2C)c1. The lowest BCUT2D eigenvalue weighted by Crippen LogP contribution is -2.13. The molecule has 3 nitrogen and oxygen atoms in total. The van der Waals surface area contributed by atoms with Crippen molar-refractivity contribution >= 4 is 11.5 Å². The van der Waals surface area contributed by atoms with E-state index in [0.717, 1.165) is 22.6 Å². The molecule has 0 atom stereocenters. The average Bonchev–Trinajstić information content (AvgIpc) is 2.37. The van der Waals surface area contributed by atoms with E-state index in [9.17, 15) is 0 Å². The predicted molar refractivity (Wildman–Crippen MR) is 76.1 cm³/mol. The summed E-state index contributed by atoms with van der Waals surface area (Å²) in [6.45, 7) is 4.69. The van der Waals surface area contributed by atoms with Crippen molar-refractivity contribution in [3.63, 3.8) is 0 Å². The molecule has 0 aliphatic heterocycles. The van der Waals surface area contributed by atoms with E-state index in [2.05, 4.69) is 54.1 Å². The molecule has 0 saturated carbocycles. The Hall–Kier alpha value is -1.87. The normalized spacial score (nSPS) is 10.4. The van der Waals surface area contributed by atoms with E-state index in [1.54, 1.807) is 0 Å². The zero-order chi connectivity index (χ0) is 13.1. The molecule has 0 amide bonds. The molecule has 1 heterocycles. The van der Waals surface area contributed by atoms with Crippen molar-refractivity contribution in [2.45, 2.75) is 20.4 Å². The first-order valence-corrected chi connectivity index (χ1v) is 6.08. The van der Waals surface area contributed by atoms with Crippen LogP contribution in [0.3, 0.4) is 0 Å². The van der Waals surface area contributed by atoms with Gasteiger partial charge in [-0.15, -0.1) is 0 Å². The van der Waals surface area contributed by atoms with Crippen LogP contribution in [0.2, 0.25) is 0 Å². The molecule has 18 heavy (non-hydrogen) atoms. The lowest BCUT2D eigenvalue weighted by atomic mass is 10.1. The van der Waals surface area contributed by atoms with Crippen molar-refractivity contribution in [2.75, 3.05) is 11.9 Å². The number of aromatic nitrogens is 1. The summed E-state index contributed by atoms with van der Waals surface area (Å²) in [5.74, 6) is 0.970. The van der Waals surface area contributed by atoms with E-state index in [1.165, 1.54) is 5.56 Å². The highest BCUT2D eigenvalue weighted by atomic mass is 15.2. The maximum Gasteiger partial charge on any atom is 0.135 e. The van der Waals surface area contributed by atoms with Crippen molar-refractivity contribution in [1.82, 2.24) is 4.98 Å². The molecule has 1 aromatic heterocycles. The minimum absolute atomic E-state index is 0.530. The van der Waals surface area contributed by atoms with Crippen molar-refractivity contribution in [2.24, 2.45) is 5.73 Å². The number of hydrogen-bond donors (Lipinski definition) is 1. The van der Waals surface area contributed by atoms with E-state index in [4.69, 9.17) is 5.73 Å². The van der Waals surface area contributed by atoms with Gasteiger partial charge in [0.05, 0.1) is 0 Å². The van der Waals surface area contributed by atoms with Gasteiger partial charge in [-0.05, 0) is 48.7 Å². The molecule has 0 bridgehead atoms. The molecule has 0 fully saturated rings. The van der Waals surface area contributed by atoms with Crippen molar-refractivity contribution in [3.8, 4) is 0 Å². The van der Waals surface area contributed by atoms with Gasteiger partial charge >= 0.3 is 0 Å². The first-order chi connectivity index (χ1) is 8.61. The van der Waals surface area contributed by atoms with Gasteiger partial charge in [-0.1, -0.05) is 12.1 Å². The predicted octanol–water partition coefficient (Wildman–Crippen LogP) is 2.93. The number of pyridine rings is 1. The van der Waals surface area contributed by atoms with Gasteiger partial charge in [-0.3, -0.25) is 0 Å². The number of hydrogen-bond acceptors (Lipinski definition) is 3. The molecule has 0 unspecified atom stereocenters. The standard InChI is InChI=1S/C15H19N3/c1-11-5-4-6-14(7-11)18(3)15-12(2)8-13(9-16)10-17-15/h4-8,10H,9,16H2,1-3H3. The molecule has 1 aromatic carbocycles. The lowest BCUT2D eigenvalue weighted by Gasteiger charge is -2.21. The summed E-state index contributed by atoms with van der Waals surface area (Å²) in [5, 5.41) is 0. The molecule has 0 spiro atoms. The number of anilines is 2. The van der Waals surface area contributed by atoms with Gasteiger partial charge in [0.25, 0.3) is 0 Å². The second-order valence-electron chi connectivity index (χ2n) is 4.59. The summed E-state index contributed by atoms with van der Waals surface area (Å²) < 4.78 is 0. The van der Waals surface area contributed by atoms with Gasteiger partial charge in [0.2, 0.25) is 0 Å². The van der Waals surface area contributed by atoms with Crippen molar-refractivity contribution < 1.29 is 0 Å². The Morgan fingerprint density at radius 2 is 2.00 bits per heavy atom. The van der Waals surface area contributed by atoms with E-state index in [-0.39, 0.29) is 0 Å². The Bertz CT molecular complexity index is 549. The smallest absolute Gasteiger partial charge is 0.135 e. The third-order valence-corrected chi connectivity index (χ3v) is 3.05. The third kappa shape index (κ3) is 2.51. The molecular formula is C15H19N3. The number of rotatable bonds is 3. The second kappa shape index (κ2) is 5.19. The van der Waals surface area contributed by atoms with Crippen LogP contribution in [-0.4, -0.2) is 12.0 Å². The van der Waals surface area contributed by atoms with Crippen LogP contribution in [0.4, 0.5) is 11.5 Å². The Morgan fingerprint density at radius 3 is 2.61 bits per heavy atom. The van der Waals surface area contributed by atoms with E-state index >= 15 is 0 Å². The minimum Gasteiger partial charge on any atom is -0.329 e. The molecule has 0 aliphatic carbocycles. The first-order valence-electron chi connectivity index (χ1n) is 6.08. The first kappa shape index (κ1) is 12.6. The molecule has 0 aliphatic rings. The third-order valence-electron chi connectivity index (χ3n) is 3.05. The van der Waals surface area contributed by atoms with Crippen LogP contribution in [0.1, 0.15) is 16.7 Å². The molecule has 2 aromatic rings. The zero-order valence-corrected chi connectivity index (χ0v) is 11.1. The van der Waals surface area contributed by atoms with Gasteiger partial charge < -0.3 is 10.6 Å². The second-order valence-corrected chi connectivity index (χ2v) is 4.59. The summed E-state index contributed by atoms with van der Waals surface area (Å²) in [5.41, 5.74) is 10.2. The average molecular weight is 241 g/mol. The fourth-order valence-corrected chi connectivity index (χ4v) is 2.05. The number of aryl methyl sites for hydroxylation is 2. The maximum absolute atomic E-state index is 5.62. The van der Waals surface area contributed by atoms with Crippen LogP contribution in [0, 0.1) is 13.8 Å².